The highest BCUT2D eigenvalue weighted by Crippen LogP contribution is 2.38. The molecule has 0 aliphatic rings. The average Bonchev–Trinajstić information content (AvgIpc) is 2.03. The Hall–Kier alpha value is 0.680. The number of hydrogen-bond donors (Lipinski definition) is 0. The lowest BCUT2D eigenvalue weighted by atomic mass is 10.1. The van der Waals surface area contributed by atoms with Gasteiger partial charge in [0, 0.05) is 0 Å². The van der Waals surface area contributed by atoms with Crippen molar-refractivity contribution in [2.24, 2.45) is 0 Å². The number of benzene rings is 1. The SMILES string of the molecule is CCc1ccc(C(C)(I)I)cc1. The fourth-order valence-corrected chi connectivity index (χ4v) is 1.75. The minimum Gasteiger partial charge on any atom is -0.0622 e. The number of alkyl halides is 2. The van der Waals surface area contributed by atoms with Crippen molar-refractivity contribution in [3.63, 3.8) is 0 Å². The lowest BCUT2D eigenvalue weighted by Crippen LogP contribution is -2.01. The van der Waals surface area contributed by atoms with Crippen molar-refractivity contribution >= 4 is 45.2 Å². The molecule has 0 atom stereocenters. The Morgan fingerprint density at radius 1 is 1.17 bits per heavy atom. The molecule has 1 rings (SSSR count). The summed E-state index contributed by atoms with van der Waals surface area (Å²) in [6, 6.07) is 8.87. The Kier molecular flexibility index (Phi) is 3.82. The van der Waals surface area contributed by atoms with Crippen molar-refractivity contribution in [2.75, 3.05) is 0 Å². The Morgan fingerprint density at radius 2 is 1.67 bits per heavy atom. The molecule has 0 aromatic heterocycles. The van der Waals surface area contributed by atoms with E-state index in [1.807, 2.05) is 0 Å². The number of halogens is 2. The molecular formula is C10H12I2. The molecule has 0 spiro atoms. The van der Waals surface area contributed by atoms with Crippen molar-refractivity contribution in [3.05, 3.63) is 35.4 Å². The Balaban J connectivity index is 2.93. The number of rotatable bonds is 2. The Labute approximate surface area is 101 Å². The van der Waals surface area contributed by atoms with Gasteiger partial charge in [-0.1, -0.05) is 76.4 Å². The highest BCUT2D eigenvalue weighted by atomic mass is 127. The zero-order valence-corrected chi connectivity index (χ0v) is 11.6. The van der Waals surface area contributed by atoms with Gasteiger partial charge in [-0.05, 0) is 24.5 Å². The van der Waals surface area contributed by atoms with Crippen LogP contribution >= 0.6 is 45.2 Å². The molecule has 0 nitrogen and oxygen atoms in total. The molecule has 66 valence electrons. The average molecular weight is 386 g/mol. The summed E-state index contributed by atoms with van der Waals surface area (Å²) in [5.41, 5.74) is 2.80. The highest BCUT2D eigenvalue weighted by Gasteiger charge is 2.16. The highest BCUT2D eigenvalue weighted by molar-refractivity contribution is 14.2. The van der Waals surface area contributed by atoms with Gasteiger partial charge in [0.25, 0.3) is 0 Å². The van der Waals surface area contributed by atoms with Crippen molar-refractivity contribution in [2.45, 2.75) is 21.7 Å². The van der Waals surface area contributed by atoms with Gasteiger partial charge in [-0.15, -0.1) is 0 Å². The molecule has 0 amide bonds. The maximum Gasteiger partial charge on any atom is 0.0954 e. The minimum atomic E-state index is 0.224. The molecule has 0 N–H and O–H groups in total. The fourth-order valence-electron chi connectivity index (χ4n) is 1.03. The van der Waals surface area contributed by atoms with E-state index in [4.69, 9.17) is 0 Å². The first-order chi connectivity index (χ1) is 5.54. The van der Waals surface area contributed by atoms with E-state index in [0.717, 1.165) is 6.42 Å². The predicted octanol–water partition coefficient (Wildman–Crippen LogP) is 4.29. The van der Waals surface area contributed by atoms with Crippen LogP contribution in [0.25, 0.3) is 0 Å². The summed E-state index contributed by atoms with van der Waals surface area (Å²) >= 11 is 4.91. The van der Waals surface area contributed by atoms with Crippen molar-refractivity contribution in [3.8, 4) is 0 Å². The summed E-state index contributed by atoms with van der Waals surface area (Å²) in [7, 11) is 0. The van der Waals surface area contributed by atoms with E-state index in [2.05, 4.69) is 83.3 Å². The zero-order chi connectivity index (χ0) is 9.19. The first kappa shape index (κ1) is 10.8. The standard InChI is InChI=1S/C10H12I2/c1-3-8-4-6-9(7-5-8)10(2,11)12/h4-7H,3H2,1-2H3. The predicted molar refractivity (Wildman–Crippen MR) is 71.2 cm³/mol. The third-order valence-corrected chi connectivity index (χ3v) is 3.11. The van der Waals surface area contributed by atoms with Gasteiger partial charge >= 0.3 is 0 Å². The summed E-state index contributed by atoms with van der Waals surface area (Å²) in [4.78, 5) is 0. The fraction of sp³-hybridized carbons (Fsp3) is 0.400. The molecule has 0 saturated carbocycles. The number of aryl methyl sites for hydroxylation is 1. The van der Waals surface area contributed by atoms with Crippen molar-refractivity contribution in [1.29, 1.82) is 0 Å². The minimum absolute atomic E-state index is 0.224. The molecule has 0 aliphatic carbocycles. The molecule has 0 heterocycles. The van der Waals surface area contributed by atoms with E-state index in [1.54, 1.807) is 0 Å². The van der Waals surface area contributed by atoms with Crippen molar-refractivity contribution < 1.29 is 0 Å². The van der Waals surface area contributed by atoms with Gasteiger partial charge in [0.15, 0.2) is 0 Å². The summed E-state index contributed by atoms with van der Waals surface area (Å²) in [5.74, 6) is 0. The lowest BCUT2D eigenvalue weighted by Gasteiger charge is -2.14. The smallest absolute Gasteiger partial charge is 0.0622 e. The molecule has 0 saturated heterocycles. The third kappa shape index (κ3) is 2.87. The van der Waals surface area contributed by atoms with Gasteiger partial charge in [-0.3, -0.25) is 0 Å². The quantitative estimate of drug-likeness (QED) is 0.526. The van der Waals surface area contributed by atoms with E-state index in [9.17, 15) is 0 Å². The van der Waals surface area contributed by atoms with Crippen LogP contribution in [0.15, 0.2) is 24.3 Å². The van der Waals surface area contributed by atoms with Crippen LogP contribution in [0.1, 0.15) is 25.0 Å². The van der Waals surface area contributed by atoms with Gasteiger partial charge < -0.3 is 0 Å². The summed E-state index contributed by atoms with van der Waals surface area (Å²) in [6.45, 7) is 4.40. The van der Waals surface area contributed by atoms with Crippen LogP contribution in [0.4, 0.5) is 0 Å². The molecule has 0 fully saturated rings. The van der Waals surface area contributed by atoms with Crippen LogP contribution in [-0.2, 0) is 7.85 Å². The van der Waals surface area contributed by atoms with E-state index in [-0.39, 0.29) is 1.43 Å². The first-order valence-electron chi connectivity index (χ1n) is 4.01. The number of hydrogen-bond acceptors (Lipinski definition) is 0. The van der Waals surface area contributed by atoms with E-state index in [0.29, 0.717) is 0 Å². The van der Waals surface area contributed by atoms with Gasteiger partial charge in [-0.25, -0.2) is 0 Å². The van der Waals surface area contributed by atoms with Crippen LogP contribution < -0.4 is 0 Å². The molecule has 0 aliphatic heterocycles. The Bertz CT molecular complexity index is 244. The summed E-state index contributed by atoms with van der Waals surface area (Å²) < 4.78 is 0.224. The molecular weight excluding hydrogens is 374 g/mol. The second kappa shape index (κ2) is 4.26. The van der Waals surface area contributed by atoms with Crippen LogP contribution in [0.3, 0.4) is 0 Å². The summed E-state index contributed by atoms with van der Waals surface area (Å²) in [5, 5.41) is 0. The van der Waals surface area contributed by atoms with Crippen LogP contribution in [0.5, 0.6) is 0 Å². The zero-order valence-electron chi connectivity index (χ0n) is 7.27. The van der Waals surface area contributed by atoms with E-state index >= 15 is 0 Å². The normalized spacial score (nSPS) is 11.7. The molecule has 1 aromatic carbocycles. The topological polar surface area (TPSA) is 0 Å². The molecule has 12 heavy (non-hydrogen) atoms. The van der Waals surface area contributed by atoms with Gasteiger partial charge in [0.2, 0.25) is 0 Å². The molecule has 0 unspecified atom stereocenters. The van der Waals surface area contributed by atoms with E-state index < -0.39 is 0 Å². The lowest BCUT2D eigenvalue weighted by molar-refractivity contribution is 1.08. The van der Waals surface area contributed by atoms with Crippen molar-refractivity contribution in [1.82, 2.24) is 0 Å². The van der Waals surface area contributed by atoms with Crippen LogP contribution in [0, 0.1) is 0 Å². The van der Waals surface area contributed by atoms with Crippen LogP contribution in [0.2, 0.25) is 0 Å². The van der Waals surface area contributed by atoms with Gasteiger partial charge in [0.05, 0.1) is 1.43 Å². The largest absolute Gasteiger partial charge is 0.0954 e. The second-order valence-electron chi connectivity index (χ2n) is 2.94. The molecule has 0 radical (unpaired) electrons. The Morgan fingerprint density at radius 3 is 2.00 bits per heavy atom. The van der Waals surface area contributed by atoms with Gasteiger partial charge in [0.1, 0.15) is 0 Å². The summed E-state index contributed by atoms with van der Waals surface area (Å²) in [6.07, 6.45) is 1.12. The molecule has 0 bridgehead atoms. The van der Waals surface area contributed by atoms with Crippen LogP contribution in [-0.4, -0.2) is 0 Å². The monoisotopic (exact) mass is 386 g/mol. The third-order valence-electron chi connectivity index (χ3n) is 1.87. The molecule has 1 aromatic rings. The van der Waals surface area contributed by atoms with E-state index in [1.165, 1.54) is 11.1 Å². The van der Waals surface area contributed by atoms with Gasteiger partial charge in [-0.2, -0.15) is 0 Å². The maximum absolute atomic E-state index is 2.45. The first-order valence-corrected chi connectivity index (χ1v) is 6.17. The second-order valence-corrected chi connectivity index (χ2v) is 9.32. The molecule has 2 heteroatoms. The maximum atomic E-state index is 2.45.